The molecule has 0 spiro atoms. The summed E-state index contributed by atoms with van der Waals surface area (Å²) in [6, 6.07) is 3.79. The summed E-state index contributed by atoms with van der Waals surface area (Å²) >= 11 is 0.486. The zero-order valence-electron chi connectivity index (χ0n) is 10.1. The van der Waals surface area contributed by atoms with E-state index in [9.17, 15) is 26.3 Å². The van der Waals surface area contributed by atoms with Gasteiger partial charge in [0.1, 0.15) is 0 Å². The lowest BCUT2D eigenvalue weighted by Crippen LogP contribution is -2.30. The van der Waals surface area contributed by atoms with Crippen LogP contribution in [0.1, 0.15) is 5.56 Å². The van der Waals surface area contributed by atoms with Crippen LogP contribution in [0.5, 0.6) is 0 Å². The molecule has 0 amide bonds. The van der Waals surface area contributed by atoms with Crippen LogP contribution in [-0.2, 0) is 0 Å². The number of amidine groups is 1. The highest BCUT2D eigenvalue weighted by atomic mass is 32.2. The highest BCUT2D eigenvalue weighted by molar-refractivity contribution is 7.99. The zero-order valence-corrected chi connectivity index (χ0v) is 11.0. The van der Waals surface area contributed by atoms with Crippen molar-refractivity contribution < 1.29 is 26.3 Å². The number of alkyl halides is 6. The smallest absolute Gasteiger partial charge is 0.380 e. The number of halogens is 6. The van der Waals surface area contributed by atoms with Crippen LogP contribution in [0.2, 0.25) is 0 Å². The number of hydrogen-bond acceptors (Lipinski definition) is 2. The van der Waals surface area contributed by atoms with E-state index in [1.54, 1.807) is 6.92 Å². The molecule has 2 N–H and O–H groups in total. The Balaban J connectivity index is 2.97. The molecule has 0 atom stereocenters. The monoisotopic (exact) mass is 316 g/mol. The van der Waals surface area contributed by atoms with Crippen molar-refractivity contribution in [3.8, 4) is 0 Å². The van der Waals surface area contributed by atoms with E-state index in [0.717, 1.165) is 6.07 Å². The molecular weight excluding hydrogens is 306 g/mol. The molecule has 1 aromatic rings. The van der Waals surface area contributed by atoms with Gasteiger partial charge in [0.25, 0.3) is 0 Å². The van der Waals surface area contributed by atoms with Crippen molar-refractivity contribution in [3.05, 3.63) is 23.8 Å². The molecule has 112 valence electrons. The Morgan fingerprint density at radius 3 is 2.30 bits per heavy atom. The van der Waals surface area contributed by atoms with Gasteiger partial charge in [0, 0.05) is 4.90 Å². The normalized spacial score (nSPS) is 13.7. The highest BCUT2D eigenvalue weighted by Gasteiger charge is 2.33. The van der Waals surface area contributed by atoms with Crippen molar-refractivity contribution in [2.45, 2.75) is 24.2 Å². The SMILES string of the molecule is Cc1ccc(/N=C(/N)C(F)(F)F)cc1SCC(F)(F)F. The van der Waals surface area contributed by atoms with Crippen LogP contribution in [-0.4, -0.2) is 23.9 Å². The molecule has 1 aromatic carbocycles. The Hall–Kier alpha value is -1.38. The Labute approximate surface area is 115 Å². The number of rotatable bonds is 3. The van der Waals surface area contributed by atoms with Crippen LogP contribution in [0, 0.1) is 6.92 Å². The van der Waals surface area contributed by atoms with E-state index in [2.05, 4.69) is 4.99 Å². The van der Waals surface area contributed by atoms with E-state index >= 15 is 0 Å². The number of hydrogen-bond donors (Lipinski definition) is 1. The molecule has 0 heterocycles. The van der Waals surface area contributed by atoms with Gasteiger partial charge >= 0.3 is 12.4 Å². The predicted molar refractivity (Wildman–Crippen MR) is 65.3 cm³/mol. The van der Waals surface area contributed by atoms with Gasteiger partial charge in [-0.2, -0.15) is 26.3 Å². The molecule has 0 saturated heterocycles. The minimum Gasteiger partial charge on any atom is -0.380 e. The molecule has 0 aliphatic carbocycles. The number of nitrogens with two attached hydrogens (primary N) is 1. The maximum absolute atomic E-state index is 12.2. The first-order chi connectivity index (χ1) is 8.99. The van der Waals surface area contributed by atoms with Gasteiger partial charge in [-0.3, -0.25) is 0 Å². The zero-order chi connectivity index (χ0) is 15.6. The van der Waals surface area contributed by atoms with Crippen LogP contribution < -0.4 is 5.73 Å². The van der Waals surface area contributed by atoms with Crippen LogP contribution in [0.15, 0.2) is 28.1 Å². The second-order valence-electron chi connectivity index (χ2n) is 3.85. The minimum atomic E-state index is -4.77. The minimum absolute atomic E-state index is 0.143. The Morgan fingerprint density at radius 1 is 1.20 bits per heavy atom. The highest BCUT2D eigenvalue weighted by Crippen LogP contribution is 2.32. The van der Waals surface area contributed by atoms with Gasteiger partial charge < -0.3 is 5.73 Å². The lowest BCUT2D eigenvalue weighted by atomic mass is 10.2. The molecule has 2 nitrogen and oxygen atoms in total. The van der Waals surface area contributed by atoms with Crippen molar-refractivity contribution in [3.63, 3.8) is 0 Å². The molecule has 0 aliphatic heterocycles. The topological polar surface area (TPSA) is 38.4 Å². The van der Waals surface area contributed by atoms with Gasteiger partial charge in [-0.1, -0.05) is 6.07 Å². The Morgan fingerprint density at radius 2 is 1.80 bits per heavy atom. The van der Waals surface area contributed by atoms with Crippen molar-refractivity contribution in [2.75, 3.05) is 5.75 Å². The number of aliphatic imine (C=N–C) groups is 1. The van der Waals surface area contributed by atoms with E-state index in [1.165, 1.54) is 12.1 Å². The summed E-state index contributed by atoms with van der Waals surface area (Å²) in [6.07, 6.45) is -9.13. The summed E-state index contributed by atoms with van der Waals surface area (Å²) in [5, 5.41) is 0. The lowest BCUT2D eigenvalue weighted by Gasteiger charge is -2.10. The summed E-state index contributed by atoms with van der Waals surface area (Å²) in [7, 11) is 0. The van der Waals surface area contributed by atoms with Crippen molar-refractivity contribution in [1.29, 1.82) is 0 Å². The molecule has 0 saturated carbocycles. The lowest BCUT2D eigenvalue weighted by molar-refractivity contribution is -0.105. The molecule has 9 heteroatoms. The van der Waals surface area contributed by atoms with Gasteiger partial charge in [-0.15, -0.1) is 11.8 Å². The average molecular weight is 316 g/mol. The molecule has 0 unspecified atom stereocenters. The molecule has 0 fully saturated rings. The summed E-state index contributed by atoms with van der Waals surface area (Å²) in [5.74, 6) is -2.68. The van der Waals surface area contributed by atoms with Gasteiger partial charge in [0.2, 0.25) is 5.84 Å². The molecular formula is C11H10F6N2S. The third kappa shape index (κ3) is 5.32. The fourth-order valence-electron chi connectivity index (χ4n) is 1.18. The number of benzene rings is 1. The Bertz CT molecular complexity index is 507. The first-order valence-electron chi connectivity index (χ1n) is 5.20. The van der Waals surface area contributed by atoms with Crippen molar-refractivity contribution >= 4 is 23.3 Å². The van der Waals surface area contributed by atoms with Crippen molar-refractivity contribution in [1.82, 2.24) is 0 Å². The molecule has 0 aliphatic rings. The standard InChI is InChI=1S/C11H10F6N2S/c1-6-2-3-7(19-9(18)11(15,16)17)4-8(6)20-5-10(12,13)14/h2-4H,5H2,1H3,(H2,18,19). The fraction of sp³-hybridized carbons (Fsp3) is 0.364. The first-order valence-corrected chi connectivity index (χ1v) is 6.19. The van der Waals surface area contributed by atoms with Gasteiger partial charge in [-0.05, 0) is 24.6 Å². The summed E-state index contributed by atoms with van der Waals surface area (Å²) < 4.78 is 73.0. The van der Waals surface area contributed by atoms with Gasteiger partial charge in [0.15, 0.2) is 0 Å². The first kappa shape index (κ1) is 16.7. The van der Waals surface area contributed by atoms with Crippen LogP contribution in [0.3, 0.4) is 0 Å². The van der Waals surface area contributed by atoms with Crippen molar-refractivity contribution in [2.24, 2.45) is 10.7 Å². The maximum atomic E-state index is 12.2. The van der Waals surface area contributed by atoms with Crippen LogP contribution >= 0.6 is 11.8 Å². The quantitative estimate of drug-likeness (QED) is 0.393. The van der Waals surface area contributed by atoms with E-state index in [4.69, 9.17) is 5.73 Å². The number of nitrogens with zero attached hydrogens (tertiary/aromatic N) is 1. The molecule has 0 aromatic heterocycles. The largest absolute Gasteiger partial charge is 0.448 e. The molecule has 0 bridgehead atoms. The Kier molecular flexibility index (Phi) is 4.95. The number of aryl methyl sites for hydroxylation is 1. The second-order valence-corrected chi connectivity index (χ2v) is 4.87. The van der Waals surface area contributed by atoms with Gasteiger partial charge in [-0.25, -0.2) is 4.99 Å². The second kappa shape index (κ2) is 5.94. The maximum Gasteiger partial charge on any atom is 0.448 e. The fourth-order valence-corrected chi connectivity index (χ4v) is 1.99. The van der Waals surface area contributed by atoms with E-state index in [-0.39, 0.29) is 10.6 Å². The summed E-state index contributed by atoms with van der Waals surface area (Å²) in [6.45, 7) is 1.55. The van der Waals surface area contributed by atoms with Crippen LogP contribution in [0.25, 0.3) is 0 Å². The summed E-state index contributed by atoms with van der Waals surface area (Å²) in [5.41, 5.74) is 5.13. The van der Waals surface area contributed by atoms with E-state index in [0.29, 0.717) is 17.3 Å². The third-order valence-electron chi connectivity index (χ3n) is 2.10. The number of thioether (sulfide) groups is 1. The van der Waals surface area contributed by atoms with Crippen LogP contribution in [0.4, 0.5) is 32.0 Å². The molecule has 0 radical (unpaired) electrons. The molecule has 1 rings (SSSR count). The predicted octanol–water partition coefficient (Wildman–Crippen LogP) is 4.20. The molecule has 20 heavy (non-hydrogen) atoms. The van der Waals surface area contributed by atoms with E-state index < -0.39 is 23.9 Å². The third-order valence-corrected chi connectivity index (χ3v) is 3.33. The average Bonchev–Trinajstić information content (AvgIpc) is 2.27. The summed E-state index contributed by atoms with van der Waals surface area (Å²) in [4.78, 5) is 3.36. The van der Waals surface area contributed by atoms with E-state index in [1.807, 2.05) is 0 Å². The van der Waals surface area contributed by atoms with Gasteiger partial charge in [0.05, 0.1) is 11.4 Å².